The molecule has 0 aromatic heterocycles. The van der Waals surface area contributed by atoms with E-state index in [1.807, 2.05) is 12.2 Å². The zero-order valence-electron chi connectivity index (χ0n) is 5.45. The number of hydrogen-bond donors (Lipinski definition) is 0. The molecule has 1 aliphatic carbocycles. The Balaban J connectivity index is 0.000000810. The molecule has 0 amide bonds. The zero-order valence-corrected chi connectivity index (χ0v) is 8.47. The van der Waals surface area contributed by atoms with E-state index in [1.54, 1.807) is 12.2 Å². The Morgan fingerprint density at radius 3 is 2.30 bits per heavy atom. The topological polar surface area (TPSA) is 34.1 Å². The molecule has 0 aromatic rings. The quantitative estimate of drug-likeness (QED) is 0.395. The van der Waals surface area contributed by atoms with Gasteiger partial charge in [0.05, 0.1) is 4.86 Å². The maximum atomic E-state index is 10.2. The Bertz CT molecular complexity index is 277. The van der Waals surface area contributed by atoms with E-state index < -0.39 is 10.3 Å². The summed E-state index contributed by atoms with van der Waals surface area (Å²) in [6.45, 7) is 0. The van der Waals surface area contributed by atoms with Gasteiger partial charge in [0.25, 0.3) is 0 Å². The largest absolute Gasteiger partial charge is 0.217 e. The van der Waals surface area contributed by atoms with Crippen molar-refractivity contribution < 1.29 is 8.42 Å². The van der Waals surface area contributed by atoms with Gasteiger partial charge in [-0.25, -0.2) is 0 Å². The van der Waals surface area contributed by atoms with Gasteiger partial charge < -0.3 is 0 Å². The van der Waals surface area contributed by atoms with Crippen LogP contribution in [-0.4, -0.2) is 51.0 Å². The summed E-state index contributed by atoms with van der Waals surface area (Å²) in [6, 6.07) is 0. The molecule has 0 aromatic carbocycles. The van der Waals surface area contributed by atoms with Crippen LogP contribution in [0.5, 0.6) is 0 Å². The predicted molar refractivity (Wildman–Crippen MR) is 42.6 cm³/mol. The van der Waals surface area contributed by atoms with Crippen molar-refractivity contribution >= 4 is 52.9 Å². The minimum atomic E-state index is -2.02. The Kier molecular flexibility index (Phi) is 5.35. The van der Waals surface area contributed by atoms with Gasteiger partial charge in [0.1, 0.15) is 0 Å². The van der Waals surface area contributed by atoms with Crippen molar-refractivity contribution in [1.29, 1.82) is 0 Å². The fraction of sp³-hybridized carbons (Fsp3) is 0.167. The van der Waals surface area contributed by atoms with Crippen molar-refractivity contribution in [1.82, 2.24) is 0 Å². The van der Waals surface area contributed by atoms with E-state index in [9.17, 15) is 8.42 Å². The second-order valence-electron chi connectivity index (χ2n) is 1.69. The van der Waals surface area contributed by atoms with E-state index in [0.717, 1.165) is 0 Å². The van der Waals surface area contributed by atoms with Gasteiger partial charge in [0.2, 0.25) is 10.3 Å². The van der Waals surface area contributed by atoms with Crippen molar-refractivity contribution in [3.8, 4) is 0 Å². The molecule has 0 fully saturated rings. The van der Waals surface area contributed by atoms with Crippen LogP contribution in [0.1, 0.15) is 6.42 Å². The van der Waals surface area contributed by atoms with Gasteiger partial charge >= 0.3 is 0 Å². The Morgan fingerprint density at radius 1 is 1.30 bits per heavy atom. The molecule has 4 heteroatoms. The smallest absolute Gasteiger partial charge is 0.184 e. The first kappa shape index (κ1) is 10.4. The van der Waals surface area contributed by atoms with E-state index >= 15 is 0 Å². The molecule has 0 saturated carbocycles. The molecular weight excluding hydrogens is 176 g/mol. The minimum absolute atomic E-state index is 0. The first-order valence-electron chi connectivity index (χ1n) is 2.59. The molecule has 2 nitrogen and oxygen atoms in total. The minimum Gasteiger partial charge on any atom is -0.184 e. The van der Waals surface area contributed by atoms with E-state index in [4.69, 9.17) is 0 Å². The molecule has 0 saturated heterocycles. The molecule has 50 valence electrons. The average molecular weight is 182 g/mol. The van der Waals surface area contributed by atoms with Crippen LogP contribution in [0.15, 0.2) is 24.3 Å². The van der Waals surface area contributed by atoms with Gasteiger partial charge in [0.15, 0.2) is 0 Å². The summed E-state index contributed by atoms with van der Waals surface area (Å²) in [5, 5.41) is 0. The molecule has 0 heterocycles. The summed E-state index contributed by atoms with van der Waals surface area (Å²) in [7, 11) is -2.02. The van der Waals surface area contributed by atoms with Gasteiger partial charge in [0, 0.05) is 44.2 Å². The summed E-state index contributed by atoms with van der Waals surface area (Å²) in [4.78, 5) is 0.456. The molecule has 1 aliphatic rings. The third kappa shape index (κ3) is 3.01. The Morgan fingerprint density at radius 2 is 2.00 bits per heavy atom. The molecule has 0 aliphatic heterocycles. The number of rotatable bonds is 0. The number of allylic oxidation sites excluding steroid dienone is 4. The summed E-state index contributed by atoms with van der Waals surface area (Å²) in [5.74, 6) is 0. The van der Waals surface area contributed by atoms with Crippen molar-refractivity contribution in [2.75, 3.05) is 0 Å². The standard InChI is InChI=1S/C6H6O2S.Ca/c7-9(8)6-4-2-1-3-5-6;/h1-4H,5H2;. The molecule has 1 rings (SSSR count). The van der Waals surface area contributed by atoms with Gasteiger partial charge in [-0.1, -0.05) is 18.2 Å². The molecule has 10 heavy (non-hydrogen) atoms. The third-order valence-electron chi connectivity index (χ3n) is 1.06. The molecule has 0 bridgehead atoms. The van der Waals surface area contributed by atoms with E-state index in [2.05, 4.69) is 0 Å². The second kappa shape index (κ2) is 5.13. The SMILES string of the molecule is O=S(=O)=C1C=CC=CC1.[Ca]. The summed E-state index contributed by atoms with van der Waals surface area (Å²) in [6.07, 6.45) is 7.49. The van der Waals surface area contributed by atoms with Crippen LogP contribution in [-0.2, 0) is 10.3 Å². The van der Waals surface area contributed by atoms with E-state index in [1.165, 1.54) is 0 Å². The fourth-order valence-electron chi connectivity index (χ4n) is 0.617. The maximum Gasteiger partial charge on any atom is 0.217 e. The summed E-state index contributed by atoms with van der Waals surface area (Å²) >= 11 is 0. The molecule has 2 radical (unpaired) electrons. The Labute approximate surface area is 91.2 Å². The van der Waals surface area contributed by atoms with Gasteiger partial charge in [-0.2, -0.15) is 8.42 Å². The summed E-state index contributed by atoms with van der Waals surface area (Å²) < 4.78 is 20.5. The first-order valence-corrected chi connectivity index (χ1v) is 3.66. The van der Waals surface area contributed by atoms with Crippen LogP contribution >= 0.6 is 0 Å². The first-order chi connectivity index (χ1) is 4.30. The van der Waals surface area contributed by atoms with Gasteiger partial charge in [-0.15, -0.1) is 0 Å². The number of hydrogen-bond acceptors (Lipinski definition) is 2. The molecule has 0 unspecified atom stereocenters. The average Bonchev–Trinajstić information content (AvgIpc) is 1.90. The van der Waals surface area contributed by atoms with Crippen molar-refractivity contribution in [3.63, 3.8) is 0 Å². The van der Waals surface area contributed by atoms with Crippen LogP contribution in [0.2, 0.25) is 0 Å². The normalized spacial score (nSPS) is 14.6. The van der Waals surface area contributed by atoms with Crippen molar-refractivity contribution in [3.05, 3.63) is 24.3 Å². The second-order valence-corrected chi connectivity index (χ2v) is 2.69. The summed E-state index contributed by atoms with van der Waals surface area (Å²) in [5.41, 5.74) is 0. The molecule has 0 atom stereocenters. The van der Waals surface area contributed by atoms with Gasteiger partial charge in [-0.3, -0.25) is 0 Å². The Hall–Kier alpha value is 0.430. The van der Waals surface area contributed by atoms with Crippen LogP contribution < -0.4 is 0 Å². The van der Waals surface area contributed by atoms with Crippen LogP contribution in [0, 0.1) is 0 Å². The molecule has 0 spiro atoms. The maximum absolute atomic E-state index is 10.2. The third-order valence-corrected chi connectivity index (χ3v) is 1.79. The zero-order chi connectivity index (χ0) is 6.69. The van der Waals surface area contributed by atoms with Gasteiger partial charge in [-0.05, 0) is 6.08 Å². The van der Waals surface area contributed by atoms with E-state index in [-0.39, 0.29) is 37.7 Å². The van der Waals surface area contributed by atoms with E-state index in [0.29, 0.717) is 11.3 Å². The van der Waals surface area contributed by atoms with Crippen LogP contribution in [0.3, 0.4) is 0 Å². The molecule has 0 N–H and O–H groups in total. The van der Waals surface area contributed by atoms with Crippen molar-refractivity contribution in [2.45, 2.75) is 6.42 Å². The monoisotopic (exact) mass is 182 g/mol. The van der Waals surface area contributed by atoms with Crippen LogP contribution in [0.4, 0.5) is 0 Å². The predicted octanol–water partition coefficient (Wildman–Crippen LogP) is 0.173. The fourth-order valence-corrected chi connectivity index (χ4v) is 1.04. The van der Waals surface area contributed by atoms with Crippen LogP contribution in [0.25, 0.3) is 0 Å². The van der Waals surface area contributed by atoms with Crippen molar-refractivity contribution in [2.24, 2.45) is 0 Å². The molecular formula is C6H6CaO2S.